The van der Waals surface area contributed by atoms with E-state index in [2.05, 4.69) is 20.0 Å². The van der Waals surface area contributed by atoms with E-state index in [1.54, 1.807) is 37.3 Å². The molecule has 2 aromatic heterocycles. The third-order valence-electron chi connectivity index (χ3n) is 6.17. The van der Waals surface area contributed by atoms with Crippen molar-refractivity contribution in [2.45, 2.75) is 26.2 Å². The monoisotopic (exact) mass is 584 g/mol. The van der Waals surface area contributed by atoms with Crippen molar-refractivity contribution in [3.05, 3.63) is 83.2 Å². The Bertz CT molecular complexity index is 1740. The number of nitrogens with zero attached hydrogens (tertiary/aromatic N) is 1. The zero-order chi connectivity index (χ0) is 29.7. The fourth-order valence-corrected chi connectivity index (χ4v) is 5.30. The second-order valence-electron chi connectivity index (χ2n) is 9.19. The number of hydrogen-bond acceptors (Lipinski definition) is 6. The summed E-state index contributed by atoms with van der Waals surface area (Å²) in [6, 6.07) is 9.82. The van der Waals surface area contributed by atoms with Crippen LogP contribution in [0.25, 0.3) is 22.2 Å². The van der Waals surface area contributed by atoms with Crippen LogP contribution in [0.5, 0.6) is 0 Å². The van der Waals surface area contributed by atoms with Crippen LogP contribution in [-0.4, -0.2) is 53.4 Å². The molecule has 0 saturated carbocycles. The van der Waals surface area contributed by atoms with E-state index < -0.39 is 44.7 Å². The Morgan fingerprint density at radius 2 is 1.78 bits per heavy atom. The second-order valence-corrected chi connectivity index (χ2v) is 11.0. The number of halogens is 2. The number of sulfonamides is 1. The highest BCUT2D eigenvalue weighted by molar-refractivity contribution is 7.92. The second kappa shape index (κ2) is 12.3. The van der Waals surface area contributed by atoms with E-state index in [4.69, 9.17) is 5.11 Å². The molecular weight excluding hydrogens is 558 g/mol. The van der Waals surface area contributed by atoms with Gasteiger partial charge in [0.1, 0.15) is 11.5 Å². The van der Waals surface area contributed by atoms with Gasteiger partial charge in [0.15, 0.2) is 5.82 Å². The van der Waals surface area contributed by atoms with E-state index >= 15 is 4.39 Å². The quantitative estimate of drug-likeness (QED) is 0.141. The van der Waals surface area contributed by atoms with Gasteiger partial charge in [-0.05, 0) is 48.7 Å². The van der Waals surface area contributed by atoms with Crippen LogP contribution in [-0.2, 0) is 14.8 Å². The Kier molecular flexibility index (Phi) is 8.77. The summed E-state index contributed by atoms with van der Waals surface area (Å²) in [6.45, 7) is 1.85. The van der Waals surface area contributed by atoms with Crippen LogP contribution in [0.1, 0.15) is 52.5 Å². The molecule has 214 valence electrons. The zero-order valence-electron chi connectivity index (χ0n) is 21.8. The van der Waals surface area contributed by atoms with Gasteiger partial charge in [0, 0.05) is 47.4 Å². The predicted molar refractivity (Wildman–Crippen MR) is 148 cm³/mol. The van der Waals surface area contributed by atoms with Crippen LogP contribution in [0.3, 0.4) is 0 Å². The molecule has 41 heavy (non-hydrogen) atoms. The number of aromatic nitrogens is 2. The van der Waals surface area contributed by atoms with E-state index in [0.717, 1.165) is 12.1 Å². The predicted octanol–water partition coefficient (Wildman–Crippen LogP) is 4.49. The minimum Gasteiger partial charge on any atom is -0.481 e. The lowest BCUT2D eigenvalue weighted by atomic mass is 9.99. The molecule has 13 heteroatoms. The van der Waals surface area contributed by atoms with Crippen molar-refractivity contribution in [3.8, 4) is 11.1 Å². The standard InChI is InChI=1S/C28H26F2N4O6S/c1-2-12-41(39,40)34-22-10-9-21(29)24(25(22)30)26(37)20-15-33-27-19(20)13-18(14-32-27)16-5-7-17(8-6-16)28(38)31-11-3-4-23(35)36/h5-10,13-15,34H,2-4,11-12H2,1H3,(H,31,38)(H,32,33)(H,35,36). The molecule has 0 spiro atoms. The third-order valence-corrected chi connectivity index (χ3v) is 7.64. The topological polar surface area (TPSA) is 158 Å². The Labute approximate surface area is 233 Å². The first kappa shape index (κ1) is 29.3. The number of nitrogens with one attached hydrogen (secondary N) is 3. The van der Waals surface area contributed by atoms with Crippen LogP contribution in [0.2, 0.25) is 0 Å². The van der Waals surface area contributed by atoms with Crippen molar-refractivity contribution in [1.82, 2.24) is 15.3 Å². The van der Waals surface area contributed by atoms with Gasteiger partial charge in [-0.2, -0.15) is 0 Å². The molecule has 0 aliphatic rings. The largest absolute Gasteiger partial charge is 0.481 e. The molecule has 0 saturated heterocycles. The molecule has 10 nitrogen and oxygen atoms in total. The van der Waals surface area contributed by atoms with Crippen molar-refractivity contribution in [3.63, 3.8) is 0 Å². The highest BCUT2D eigenvalue weighted by atomic mass is 32.2. The van der Waals surface area contributed by atoms with Crippen molar-refractivity contribution in [2.24, 2.45) is 0 Å². The number of rotatable bonds is 12. The molecule has 0 aliphatic carbocycles. The molecule has 0 atom stereocenters. The van der Waals surface area contributed by atoms with E-state index in [1.165, 1.54) is 12.4 Å². The smallest absolute Gasteiger partial charge is 0.303 e. The van der Waals surface area contributed by atoms with Crippen LogP contribution in [0.4, 0.5) is 14.5 Å². The van der Waals surface area contributed by atoms with E-state index in [9.17, 15) is 27.2 Å². The SMILES string of the molecule is CCCS(=O)(=O)Nc1ccc(F)c(C(=O)c2c[nH]c3ncc(-c4ccc(C(=O)NCCCC(=O)O)cc4)cc23)c1F. The maximum absolute atomic E-state index is 15.3. The number of carboxylic acids is 1. The Balaban J connectivity index is 1.60. The highest BCUT2D eigenvalue weighted by Crippen LogP contribution is 2.30. The summed E-state index contributed by atoms with van der Waals surface area (Å²) >= 11 is 0. The fourth-order valence-electron chi connectivity index (χ4n) is 4.17. The fraction of sp³-hybridized carbons (Fsp3) is 0.214. The molecule has 0 fully saturated rings. The highest BCUT2D eigenvalue weighted by Gasteiger charge is 2.26. The van der Waals surface area contributed by atoms with Gasteiger partial charge in [0.05, 0.1) is 17.0 Å². The maximum atomic E-state index is 15.3. The number of benzene rings is 2. The van der Waals surface area contributed by atoms with Gasteiger partial charge in [-0.3, -0.25) is 19.1 Å². The number of fused-ring (bicyclic) bond motifs is 1. The maximum Gasteiger partial charge on any atom is 0.303 e. The first-order chi connectivity index (χ1) is 19.5. The number of carbonyl (C=O) groups is 3. The summed E-state index contributed by atoms with van der Waals surface area (Å²) in [6.07, 6.45) is 3.32. The number of H-pyrrole nitrogens is 1. The molecule has 0 unspecified atom stereocenters. The van der Waals surface area contributed by atoms with Crippen LogP contribution in [0, 0.1) is 11.6 Å². The molecule has 2 heterocycles. The van der Waals surface area contributed by atoms with Gasteiger partial charge in [0.25, 0.3) is 5.91 Å². The van der Waals surface area contributed by atoms with Crippen molar-refractivity contribution >= 4 is 44.4 Å². The summed E-state index contributed by atoms with van der Waals surface area (Å²) in [5, 5.41) is 11.6. The Morgan fingerprint density at radius 3 is 2.46 bits per heavy atom. The average Bonchev–Trinajstić information content (AvgIpc) is 3.36. The number of anilines is 1. The zero-order valence-corrected chi connectivity index (χ0v) is 22.6. The van der Waals surface area contributed by atoms with E-state index in [1.807, 2.05) is 0 Å². The minimum absolute atomic E-state index is 0.0547. The number of amides is 1. The number of aliphatic carboxylic acids is 1. The van der Waals surface area contributed by atoms with Crippen LogP contribution >= 0.6 is 0 Å². The van der Waals surface area contributed by atoms with Gasteiger partial charge in [-0.15, -0.1) is 0 Å². The van der Waals surface area contributed by atoms with E-state index in [-0.39, 0.29) is 47.6 Å². The van der Waals surface area contributed by atoms with Crippen LogP contribution in [0.15, 0.2) is 54.9 Å². The molecular formula is C28H26F2N4O6S. The van der Waals surface area contributed by atoms with Gasteiger partial charge in [-0.1, -0.05) is 19.1 Å². The number of aromatic amines is 1. The molecule has 4 aromatic rings. The van der Waals surface area contributed by atoms with Gasteiger partial charge < -0.3 is 15.4 Å². The average molecular weight is 585 g/mol. The molecule has 0 aliphatic heterocycles. The third kappa shape index (κ3) is 6.74. The molecule has 4 N–H and O–H groups in total. The number of hydrogen-bond donors (Lipinski definition) is 4. The molecule has 0 bridgehead atoms. The summed E-state index contributed by atoms with van der Waals surface area (Å²) in [7, 11) is -3.89. The summed E-state index contributed by atoms with van der Waals surface area (Å²) in [5.41, 5.74) is 0.330. The lowest BCUT2D eigenvalue weighted by Gasteiger charge is -2.11. The summed E-state index contributed by atoms with van der Waals surface area (Å²) in [5.74, 6) is -5.07. The normalized spacial score (nSPS) is 11.4. The van der Waals surface area contributed by atoms with Gasteiger partial charge in [-0.25, -0.2) is 22.2 Å². The van der Waals surface area contributed by atoms with Gasteiger partial charge >= 0.3 is 5.97 Å². The van der Waals surface area contributed by atoms with Gasteiger partial charge in [0.2, 0.25) is 15.8 Å². The summed E-state index contributed by atoms with van der Waals surface area (Å²) in [4.78, 5) is 43.3. The number of carboxylic acid groups (broad SMARTS) is 1. The first-order valence-corrected chi connectivity index (χ1v) is 14.3. The van der Waals surface area contributed by atoms with Crippen LogP contribution < -0.4 is 10.0 Å². The Morgan fingerprint density at radius 1 is 1.05 bits per heavy atom. The number of ketones is 1. The summed E-state index contributed by atoms with van der Waals surface area (Å²) < 4.78 is 56.3. The van der Waals surface area contributed by atoms with E-state index in [0.29, 0.717) is 23.1 Å². The van der Waals surface area contributed by atoms with Crippen molar-refractivity contribution in [2.75, 3.05) is 17.0 Å². The minimum atomic E-state index is -3.89. The lowest BCUT2D eigenvalue weighted by Crippen LogP contribution is -2.24. The molecule has 4 rings (SSSR count). The Hall–Kier alpha value is -4.65. The molecule has 0 radical (unpaired) electrons. The molecule has 2 aromatic carbocycles. The molecule has 1 amide bonds. The first-order valence-electron chi connectivity index (χ1n) is 12.6. The lowest BCUT2D eigenvalue weighted by molar-refractivity contribution is -0.137. The number of carbonyl (C=O) groups excluding carboxylic acids is 2. The van der Waals surface area contributed by atoms with Crippen molar-refractivity contribution in [1.29, 1.82) is 0 Å². The number of pyridine rings is 1. The van der Waals surface area contributed by atoms with Crippen molar-refractivity contribution < 1.29 is 36.7 Å².